The SMILES string of the molecule is CCNc1ncc(Br)cc1C(=O)N1CCNC(=O)C1(C)C. The predicted molar refractivity (Wildman–Crippen MR) is 84.2 cm³/mol. The molecule has 1 aromatic rings. The van der Waals surface area contributed by atoms with Gasteiger partial charge in [0, 0.05) is 30.3 Å². The van der Waals surface area contributed by atoms with E-state index in [1.807, 2.05) is 6.92 Å². The first-order valence-electron chi connectivity index (χ1n) is 6.87. The molecule has 0 atom stereocenters. The molecule has 2 heterocycles. The van der Waals surface area contributed by atoms with Crippen molar-refractivity contribution in [3.8, 4) is 0 Å². The molecule has 1 saturated heterocycles. The van der Waals surface area contributed by atoms with Gasteiger partial charge in [0.1, 0.15) is 11.4 Å². The highest BCUT2D eigenvalue weighted by Gasteiger charge is 2.41. The summed E-state index contributed by atoms with van der Waals surface area (Å²) in [6, 6.07) is 1.73. The minimum absolute atomic E-state index is 0.143. The van der Waals surface area contributed by atoms with E-state index in [1.165, 1.54) is 0 Å². The van der Waals surface area contributed by atoms with Gasteiger partial charge < -0.3 is 15.5 Å². The second kappa shape index (κ2) is 6.01. The summed E-state index contributed by atoms with van der Waals surface area (Å²) >= 11 is 3.34. The van der Waals surface area contributed by atoms with E-state index >= 15 is 0 Å². The van der Waals surface area contributed by atoms with E-state index in [1.54, 1.807) is 31.0 Å². The summed E-state index contributed by atoms with van der Waals surface area (Å²) in [4.78, 5) is 30.7. The first-order valence-corrected chi connectivity index (χ1v) is 7.67. The molecule has 0 aliphatic carbocycles. The van der Waals surface area contributed by atoms with E-state index in [-0.39, 0.29) is 11.8 Å². The van der Waals surface area contributed by atoms with Crippen LogP contribution in [0, 0.1) is 0 Å². The first-order chi connectivity index (χ1) is 9.87. The first kappa shape index (κ1) is 15.8. The van der Waals surface area contributed by atoms with Crippen LogP contribution in [0.1, 0.15) is 31.1 Å². The number of nitrogens with zero attached hydrogens (tertiary/aromatic N) is 2. The molecule has 1 fully saturated rings. The predicted octanol–water partition coefficient (Wildman–Crippen LogP) is 1.63. The third-order valence-corrected chi connectivity index (χ3v) is 3.96. The fourth-order valence-corrected chi connectivity index (χ4v) is 2.64. The number of rotatable bonds is 3. The maximum absolute atomic E-state index is 12.9. The monoisotopic (exact) mass is 354 g/mol. The summed E-state index contributed by atoms with van der Waals surface area (Å²) in [5, 5.41) is 5.87. The summed E-state index contributed by atoms with van der Waals surface area (Å²) < 4.78 is 0.728. The number of pyridine rings is 1. The fraction of sp³-hybridized carbons (Fsp3) is 0.500. The van der Waals surface area contributed by atoms with E-state index in [0.29, 0.717) is 31.0 Å². The Balaban J connectivity index is 2.39. The van der Waals surface area contributed by atoms with Gasteiger partial charge in [-0.1, -0.05) is 0 Å². The van der Waals surface area contributed by atoms with Gasteiger partial charge in [-0.3, -0.25) is 9.59 Å². The van der Waals surface area contributed by atoms with E-state index in [2.05, 4.69) is 31.5 Å². The smallest absolute Gasteiger partial charge is 0.258 e. The highest BCUT2D eigenvalue weighted by atomic mass is 79.9. The Morgan fingerprint density at radius 3 is 2.95 bits per heavy atom. The summed E-state index contributed by atoms with van der Waals surface area (Å²) in [6.07, 6.45) is 1.64. The van der Waals surface area contributed by atoms with Crippen molar-refractivity contribution < 1.29 is 9.59 Å². The number of halogens is 1. The normalized spacial score (nSPS) is 17.3. The molecule has 0 radical (unpaired) electrons. The molecular weight excluding hydrogens is 336 g/mol. The van der Waals surface area contributed by atoms with Gasteiger partial charge in [-0.15, -0.1) is 0 Å². The van der Waals surface area contributed by atoms with Crippen LogP contribution in [0.2, 0.25) is 0 Å². The highest BCUT2D eigenvalue weighted by Crippen LogP contribution is 2.25. The number of nitrogens with one attached hydrogen (secondary N) is 2. The van der Waals surface area contributed by atoms with Crippen LogP contribution < -0.4 is 10.6 Å². The lowest BCUT2D eigenvalue weighted by Gasteiger charge is -2.41. The van der Waals surface area contributed by atoms with Crippen LogP contribution in [0.15, 0.2) is 16.7 Å². The molecule has 0 aromatic carbocycles. The summed E-state index contributed by atoms with van der Waals surface area (Å²) in [6.45, 7) is 7.05. The van der Waals surface area contributed by atoms with Crippen LogP contribution in [0.4, 0.5) is 5.82 Å². The maximum atomic E-state index is 12.9. The van der Waals surface area contributed by atoms with Gasteiger partial charge in [0.15, 0.2) is 0 Å². The van der Waals surface area contributed by atoms with Gasteiger partial charge in [-0.2, -0.15) is 0 Å². The number of piperazine rings is 1. The second-order valence-corrected chi connectivity index (χ2v) is 6.27. The lowest BCUT2D eigenvalue weighted by Crippen LogP contribution is -2.63. The summed E-state index contributed by atoms with van der Waals surface area (Å²) in [7, 11) is 0. The topological polar surface area (TPSA) is 74.3 Å². The molecule has 7 heteroatoms. The summed E-state index contributed by atoms with van der Waals surface area (Å²) in [5.41, 5.74) is -0.407. The average molecular weight is 355 g/mol. The van der Waals surface area contributed by atoms with Crippen molar-refractivity contribution in [2.45, 2.75) is 26.3 Å². The van der Waals surface area contributed by atoms with Crippen molar-refractivity contribution in [2.24, 2.45) is 0 Å². The number of carbonyl (C=O) groups excluding carboxylic acids is 2. The lowest BCUT2D eigenvalue weighted by molar-refractivity contribution is -0.133. The van der Waals surface area contributed by atoms with Crippen molar-refractivity contribution in [1.29, 1.82) is 0 Å². The summed E-state index contributed by atoms with van der Waals surface area (Å²) in [5.74, 6) is 0.196. The second-order valence-electron chi connectivity index (χ2n) is 5.35. The standard InChI is InChI=1S/C14H19BrN4O2/c1-4-16-11-10(7-9(15)8-18-11)12(20)19-6-5-17-13(21)14(19,2)3/h7-8H,4-6H2,1-3H3,(H,16,18)(H,17,21). The molecule has 0 bridgehead atoms. The van der Waals surface area contributed by atoms with Crippen LogP contribution in [-0.4, -0.2) is 46.9 Å². The molecule has 0 spiro atoms. The molecule has 21 heavy (non-hydrogen) atoms. The van der Waals surface area contributed by atoms with Crippen LogP contribution in [0.25, 0.3) is 0 Å². The average Bonchev–Trinajstić information content (AvgIpc) is 2.43. The molecule has 1 aliphatic rings. The van der Waals surface area contributed by atoms with Crippen molar-refractivity contribution >= 4 is 33.6 Å². The number of hydrogen-bond acceptors (Lipinski definition) is 4. The highest BCUT2D eigenvalue weighted by molar-refractivity contribution is 9.10. The Labute approximate surface area is 132 Å². The third kappa shape index (κ3) is 3.02. The Morgan fingerprint density at radius 2 is 2.29 bits per heavy atom. The van der Waals surface area contributed by atoms with Gasteiger partial charge in [0.2, 0.25) is 5.91 Å². The third-order valence-electron chi connectivity index (χ3n) is 3.53. The minimum Gasteiger partial charge on any atom is -0.370 e. The molecule has 114 valence electrons. The zero-order chi connectivity index (χ0) is 15.6. The van der Waals surface area contributed by atoms with Crippen LogP contribution in [0.3, 0.4) is 0 Å². The zero-order valence-electron chi connectivity index (χ0n) is 12.4. The number of amides is 2. The Morgan fingerprint density at radius 1 is 1.57 bits per heavy atom. The van der Waals surface area contributed by atoms with Gasteiger partial charge in [0.05, 0.1) is 5.56 Å². The van der Waals surface area contributed by atoms with Gasteiger partial charge in [-0.25, -0.2) is 4.98 Å². The quantitative estimate of drug-likeness (QED) is 0.864. The van der Waals surface area contributed by atoms with Crippen LogP contribution in [0.5, 0.6) is 0 Å². The van der Waals surface area contributed by atoms with Gasteiger partial charge >= 0.3 is 0 Å². The largest absolute Gasteiger partial charge is 0.370 e. The molecule has 2 amide bonds. The molecule has 1 aliphatic heterocycles. The number of carbonyl (C=O) groups is 2. The molecule has 6 nitrogen and oxygen atoms in total. The number of anilines is 1. The van der Waals surface area contributed by atoms with Gasteiger partial charge in [-0.05, 0) is 42.8 Å². The minimum atomic E-state index is -0.874. The van der Waals surface area contributed by atoms with Crippen molar-refractivity contribution in [3.05, 3.63) is 22.3 Å². The fourth-order valence-electron chi connectivity index (χ4n) is 2.31. The number of hydrogen-bond donors (Lipinski definition) is 2. The molecule has 2 N–H and O–H groups in total. The van der Waals surface area contributed by atoms with E-state index in [9.17, 15) is 9.59 Å². The molecule has 2 rings (SSSR count). The molecule has 0 unspecified atom stereocenters. The Bertz CT molecular complexity index is 574. The Hall–Kier alpha value is -1.63. The maximum Gasteiger partial charge on any atom is 0.258 e. The van der Waals surface area contributed by atoms with Crippen molar-refractivity contribution in [2.75, 3.05) is 25.0 Å². The van der Waals surface area contributed by atoms with E-state index < -0.39 is 5.54 Å². The lowest BCUT2D eigenvalue weighted by atomic mass is 9.97. The molecular formula is C14H19BrN4O2. The molecule has 1 aromatic heterocycles. The Kier molecular flexibility index (Phi) is 4.51. The number of aromatic nitrogens is 1. The van der Waals surface area contributed by atoms with E-state index in [4.69, 9.17) is 0 Å². The van der Waals surface area contributed by atoms with Crippen LogP contribution in [-0.2, 0) is 4.79 Å². The zero-order valence-corrected chi connectivity index (χ0v) is 14.0. The van der Waals surface area contributed by atoms with Crippen LogP contribution >= 0.6 is 15.9 Å². The molecule has 0 saturated carbocycles. The van der Waals surface area contributed by atoms with Gasteiger partial charge in [0.25, 0.3) is 5.91 Å². The van der Waals surface area contributed by atoms with Crippen molar-refractivity contribution in [3.63, 3.8) is 0 Å². The van der Waals surface area contributed by atoms with E-state index in [0.717, 1.165) is 4.47 Å². The van der Waals surface area contributed by atoms with Crippen molar-refractivity contribution in [1.82, 2.24) is 15.2 Å².